The summed E-state index contributed by atoms with van der Waals surface area (Å²) < 4.78 is 0.675. The SMILES string of the molecule is CC(C)(C)NC(=O)CCNC(=O)c1ccc(Br)nc1. The zero-order chi connectivity index (χ0) is 14.5. The summed E-state index contributed by atoms with van der Waals surface area (Å²) in [6, 6.07) is 3.36. The van der Waals surface area contributed by atoms with Crippen LogP contribution >= 0.6 is 15.9 Å². The lowest BCUT2D eigenvalue weighted by Crippen LogP contribution is -2.41. The Kier molecular flexibility index (Phi) is 5.47. The van der Waals surface area contributed by atoms with Crippen molar-refractivity contribution >= 4 is 27.7 Å². The van der Waals surface area contributed by atoms with Gasteiger partial charge in [-0.15, -0.1) is 0 Å². The number of nitrogens with zero attached hydrogens (tertiary/aromatic N) is 1. The molecular formula is C13H18BrN3O2. The summed E-state index contributed by atoms with van der Waals surface area (Å²) in [4.78, 5) is 27.2. The molecule has 5 nitrogen and oxygen atoms in total. The van der Waals surface area contributed by atoms with Crippen molar-refractivity contribution in [3.63, 3.8) is 0 Å². The Hall–Kier alpha value is -1.43. The summed E-state index contributed by atoms with van der Waals surface area (Å²) in [5.41, 5.74) is 0.218. The molecule has 1 aromatic heterocycles. The number of nitrogens with one attached hydrogen (secondary N) is 2. The minimum atomic E-state index is -0.253. The maximum atomic E-state index is 11.7. The third kappa shape index (κ3) is 6.33. The molecule has 0 radical (unpaired) electrons. The molecule has 0 saturated carbocycles. The predicted molar refractivity (Wildman–Crippen MR) is 76.8 cm³/mol. The van der Waals surface area contributed by atoms with Crippen molar-refractivity contribution in [1.29, 1.82) is 0 Å². The van der Waals surface area contributed by atoms with Crippen LogP contribution in [0.5, 0.6) is 0 Å². The highest BCUT2D eigenvalue weighted by Gasteiger charge is 2.13. The number of hydrogen-bond donors (Lipinski definition) is 2. The van der Waals surface area contributed by atoms with Gasteiger partial charge in [-0.05, 0) is 48.8 Å². The molecule has 1 heterocycles. The summed E-state index contributed by atoms with van der Waals surface area (Å²) in [7, 11) is 0. The third-order valence-electron chi connectivity index (χ3n) is 2.14. The van der Waals surface area contributed by atoms with Crippen LogP contribution in [0.2, 0.25) is 0 Å². The number of carbonyl (C=O) groups is 2. The smallest absolute Gasteiger partial charge is 0.252 e. The van der Waals surface area contributed by atoms with Crippen molar-refractivity contribution < 1.29 is 9.59 Å². The van der Waals surface area contributed by atoms with E-state index < -0.39 is 0 Å². The zero-order valence-electron chi connectivity index (χ0n) is 11.3. The van der Waals surface area contributed by atoms with Gasteiger partial charge in [-0.3, -0.25) is 9.59 Å². The fourth-order valence-electron chi connectivity index (χ4n) is 1.38. The molecule has 0 atom stereocenters. The largest absolute Gasteiger partial charge is 0.351 e. The van der Waals surface area contributed by atoms with Gasteiger partial charge in [0.05, 0.1) is 5.56 Å². The standard InChI is InChI=1S/C13H18BrN3O2/c1-13(2,3)17-11(18)6-7-15-12(19)9-4-5-10(14)16-8-9/h4-5,8H,6-7H2,1-3H3,(H,15,19)(H,17,18). The van der Waals surface area contributed by atoms with E-state index in [0.29, 0.717) is 16.7 Å². The van der Waals surface area contributed by atoms with Crippen molar-refractivity contribution in [1.82, 2.24) is 15.6 Å². The minimum absolute atomic E-state index is 0.0817. The molecule has 0 bridgehead atoms. The van der Waals surface area contributed by atoms with Gasteiger partial charge in [0.25, 0.3) is 5.91 Å². The number of carbonyl (C=O) groups excluding carboxylic acids is 2. The molecule has 2 N–H and O–H groups in total. The van der Waals surface area contributed by atoms with E-state index >= 15 is 0 Å². The number of halogens is 1. The predicted octanol–water partition coefficient (Wildman–Crippen LogP) is 1.88. The topological polar surface area (TPSA) is 71.1 Å². The maximum Gasteiger partial charge on any atom is 0.252 e. The third-order valence-corrected chi connectivity index (χ3v) is 2.61. The van der Waals surface area contributed by atoms with Crippen LogP contribution in [0.15, 0.2) is 22.9 Å². The monoisotopic (exact) mass is 327 g/mol. The van der Waals surface area contributed by atoms with E-state index in [2.05, 4.69) is 31.5 Å². The lowest BCUT2D eigenvalue weighted by molar-refractivity contribution is -0.122. The van der Waals surface area contributed by atoms with Crippen LogP contribution in [-0.4, -0.2) is 28.9 Å². The lowest BCUT2D eigenvalue weighted by Gasteiger charge is -2.20. The van der Waals surface area contributed by atoms with Gasteiger partial charge in [0.15, 0.2) is 0 Å². The van der Waals surface area contributed by atoms with Gasteiger partial charge < -0.3 is 10.6 Å². The average molecular weight is 328 g/mol. The highest BCUT2D eigenvalue weighted by molar-refractivity contribution is 9.10. The van der Waals surface area contributed by atoms with Gasteiger partial charge in [-0.2, -0.15) is 0 Å². The Balaban J connectivity index is 2.35. The Morgan fingerprint density at radius 2 is 2.00 bits per heavy atom. The van der Waals surface area contributed by atoms with Crippen molar-refractivity contribution in [2.24, 2.45) is 0 Å². The molecule has 0 aliphatic carbocycles. The fraction of sp³-hybridized carbons (Fsp3) is 0.462. The van der Waals surface area contributed by atoms with Gasteiger partial charge in [-0.25, -0.2) is 4.98 Å². The van der Waals surface area contributed by atoms with Crippen molar-refractivity contribution in [2.75, 3.05) is 6.54 Å². The van der Waals surface area contributed by atoms with Crippen molar-refractivity contribution in [3.8, 4) is 0 Å². The summed E-state index contributed by atoms with van der Waals surface area (Å²) in [5.74, 6) is -0.315. The van der Waals surface area contributed by atoms with Crippen LogP contribution in [0.1, 0.15) is 37.6 Å². The summed E-state index contributed by atoms with van der Waals surface area (Å²) >= 11 is 3.20. The number of pyridine rings is 1. The first-order chi connectivity index (χ1) is 8.78. The Morgan fingerprint density at radius 1 is 1.32 bits per heavy atom. The summed E-state index contributed by atoms with van der Waals surface area (Å²) in [6.45, 7) is 6.04. The average Bonchev–Trinajstić information content (AvgIpc) is 2.27. The molecule has 104 valence electrons. The first-order valence-electron chi connectivity index (χ1n) is 5.99. The number of rotatable bonds is 4. The second-order valence-electron chi connectivity index (χ2n) is 5.17. The van der Waals surface area contributed by atoms with Gasteiger partial charge in [0.2, 0.25) is 5.91 Å². The molecule has 0 fully saturated rings. The van der Waals surface area contributed by atoms with E-state index in [-0.39, 0.29) is 23.8 Å². The van der Waals surface area contributed by atoms with E-state index in [4.69, 9.17) is 0 Å². The number of aromatic nitrogens is 1. The van der Waals surface area contributed by atoms with Gasteiger partial charge in [0.1, 0.15) is 4.60 Å². The van der Waals surface area contributed by atoms with Crippen LogP contribution in [0.25, 0.3) is 0 Å². The maximum absolute atomic E-state index is 11.7. The van der Waals surface area contributed by atoms with Gasteiger partial charge in [0, 0.05) is 24.7 Å². The molecule has 0 saturated heterocycles. The second kappa shape index (κ2) is 6.65. The van der Waals surface area contributed by atoms with E-state index in [9.17, 15) is 9.59 Å². The molecule has 0 aliphatic heterocycles. The highest BCUT2D eigenvalue weighted by atomic mass is 79.9. The minimum Gasteiger partial charge on any atom is -0.351 e. The first kappa shape index (κ1) is 15.6. The molecule has 19 heavy (non-hydrogen) atoms. The number of hydrogen-bond acceptors (Lipinski definition) is 3. The Labute approximate surface area is 121 Å². The van der Waals surface area contributed by atoms with Crippen molar-refractivity contribution in [2.45, 2.75) is 32.7 Å². The molecule has 6 heteroatoms. The van der Waals surface area contributed by atoms with E-state index in [1.165, 1.54) is 6.20 Å². The second-order valence-corrected chi connectivity index (χ2v) is 5.99. The van der Waals surface area contributed by atoms with Crippen LogP contribution in [0.4, 0.5) is 0 Å². The van der Waals surface area contributed by atoms with E-state index in [1.807, 2.05) is 20.8 Å². The van der Waals surface area contributed by atoms with E-state index in [0.717, 1.165) is 0 Å². The summed E-state index contributed by atoms with van der Waals surface area (Å²) in [5, 5.41) is 5.51. The molecule has 0 aliphatic rings. The quantitative estimate of drug-likeness (QED) is 0.829. The summed E-state index contributed by atoms with van der Waals surface area (Å²) in [6.07, 6.45) is 1.74. The molecule has 0 spiro atoms. The molecular weight excluding hydrogens is 310 g/mol. The Morgan fingerprint density at radius 3 is 2.53 bits per heavy atom. The fourth-order valence-corrected chi connectivity index (χ4v) is 1.62. The molecule has 2 amide bonds. The van der Waals surface area contributed by atoms with Crippen LogP contribution in [0, 0.1) is 0 Å². The normalized spacial score (nSPS) is 10.9. The van der Waals surface area contributed by atoms with Crippen LogP contribution < -0.4 is 10.6 Å². The zero-order valence-corrected chi connectivity index (χ0v) is 12.9. The molecule has 1 aromatic rings. The van der Waals surface area contributed by atoms with Crippen LogP contribution in [0.3, 0.4) is 0 Å². The lowest BCUT2D eigenvalue weighted by atomic mass is 10.1. The molecule has 0 unspecified atom stereocenters. The Bertz CT molecular complexity index is 452. The van der Waals surface area contributed by atoms with Gasteiger partial charge in [-0.1, -0.05) is 0 Å². The highest BCUT2D eigenvalue weighted by Crippen LogP contribution is 2.06. The molecule has 1 rings (SSSR count). The van der Waals surface area contributed by atoms with Crippen LogP contribution in [-0.2, 0) is 4.79 Å². The first-order valence-corrected chi connectivity index (χ1v) is 6.78. The van der Waals surface area contributed by atoms with Gasteiger partial charge >= 0.3 is 0 Å². The van der Waals surface area contributed by atoms with E-state index in [1.54, 1.807) is 12.1 Å². The molecule has 0 aromatic carbocycles. The number of amides is 2. The van der Waals surface area contributed by atoms with Crippen molar-refractivity contribution in [3.05, 3.63) is 28.5 Å².